The van der Waals surface area contributed by atoms with Crippen molar-refractivity contribution in [1.82, 2.24) is 25.3 Å². The molecule has 25 heavy (non-hydrogen) atoms. The summed E-state index contributed by atoms with van der Waals surface area (Å²) in [6.07, 6.45) is 3.20. The van der Waals surface area contributed by atoms with Crippen LogP contribution in [0.3, 0.4) is 0 Å². The van der Waals surface area contributed by atoms with Gasteiger partial charge >= 0.3 is 6.09 Å². The second-order valence-electron chi connectivity index (χ2n) is 7.08. The average molecular weight is 346 g/mol. The molecule has 2 aromatic heterocycles. The van der Waals surface area contributed by atoms with E-state index in [4.69, 9.17) is 4.74 Å². The van der Waals surface area contributed by atoms with Gasteiger partial charge in [0.15, 0.2) is 0 Å². The lowest BCUT2D eigenvalue weighted by molar-refractivity contribution is 0.0521. The fraction of sp³-hybridized carbons (Fsp3) is 0.529. The number of alkyl carbamates (subject to hydrolysis) is 1. The van der Waals surface area contributed by atoms with Gasteiger partial charge in [-0.15, -0.1) is 5.10 Å². The zero-order valence-electron chi connectivity index (χ0n) is 15.4. The second-order valence-corrected chi connectivity index (χ2v) is 7.08. The van der Waals surface area contributed by atoms with E-state index in [0.717, 1.165) is 17.1 Å². The number of pyridine rings is 1. The van der Waals surface area contributed by atoms with Gasteiger partial charge in [0.1, 0.15) is 17.1 Å². The molecule has 0 saturated heterocycles. The van der Waals surface area contributed by atoms with Crippen molar-refractivity contribution < 1.29 is 9.53 Å². The van der Waals surface area contributed by atoms with Gasteiger partial charge in [-0.1, -0.05) is 12.1 Å². The van der Waals surface area contributed by atoms with Crippen molar-refractivity contribution in [1.29, 1.82) is 0 Å². The second kappa shape index (κ2) is 7.96. The molecule has 0 aliphatic heterocycles. The Kier molecular flexibility index (Phi) is 5.95. The molecule has 1 unspecified atom stereocenters. The number of hydrogen-bond donors (Lipinski definition) is 2. The number of hydrogen-bond acceptors (Lipinski definition) is 6. The number of aromatic nitrogens is 4. The van der Waals surface area contributed by atoms with Crippen molar-refractivity contribution >= 4 is 11.9 Å². The summed E-state index contributed by atoms with van der Waals surface area (Å²) >= 11 is 0. The largest absolute Gasteiger partial charge is 0.444 e. The molecule has 0 bridgehead atoms. The lowest BCUT2D eigenvalue weighted by atomic mass is 10.2. The minimum atomic E-state index is -0.486. The summed E-state index contributed by atoms with van der Waals surface area (Å²) in [6.45, 7) is 8.78. The Morgan fingerprint density at radius 3 is 2.64 bits per heavy atom. The monoisotopic (exact) mass is 346 g/mol. The first-order valence-electron chi connectivity index (χ1n) is 8.26. The molecule has 2 aromatic rings. The maximum atomic E-state index is 11.6. The molecule has 0 radical (unpaired) electrons. The first kappa shape index (κ1) is 18.7. The third-order valence-corrected chi connectivity index (χ3v) is 3.29. The molecular weight excluding hydrogens is 320 g/mol. The Labute approximate surface area is 148 Å². The number of aryl methyl sites for hydroxylation is 1. The highest BCUT2D eigenvalue weighted by molar-refractivity contribution is 5.67. The minimum Gasteiger partial charge on any atom is -0.444 e. The van der Waals surface area contributed by atoms with E-state index in [2.05, 4.69) is 25.9 Å². The van der Waals surface area contributed by atoms with Crippen molar-refractivity contribution in [3.05, 3.63) is 24.5 Å². The molecule has 0 saturated carbocycles. The summed E-state index contributed by atoms with van der Waals surface area (Å²) in [4.78, 5) is 16.0. The number of carbonyl (C=O) groups excluding carboxylic acids is 1. The molecular formula is C17H26N6O2. The lowest BCUT2D eigenvalue weighted by Gasteiger charge is -2.21. The molecule has 0 aliphatic rings. The predicted molar refractivity (Wildman–Crippen MR) is 96.1 cm³/mol. The smallest absolute Gasteiger partial charge is 0.407 e. The maximum absolute atomic E-state index is 11.6. The molecule has 0 fully saturated rings. The van der Waals surface area contributed by atoms with Crippen molar-refractivity contribution in [3.8, 4) is 11.3 Å². The first-order chi connectivity index (χ1) is 11.7. The molecule has 0 aliphatic carbocycles. The average Bonchev–Trinajstić information content (AvgIpc) is 2.96. The molecule has 2 rings (SSSR count). The quantitative estimate of drug-likeness (QED) is 0.834. The Balaban J connectivity index is 1.76. The van der Waals surface area contributed by atoms with Crippen LogP contribution < -0.4 is 10.6 Å². The fourth-order valence-electron chi connectivity index (χ4n) is 2.05. The number of anilines is 1. The summed E-state index contributed by atoms with van der Waals surface area (Å²) in [5, 5.41) is 14.0. The Hall–Kier alpha value is -2.64. The molecule has 2 heterocycles. The Bertz CT molecular complexity index is 690. The van der Waals surface area contributed by atoms with Crippen LogP contribution in [0.2, 0.25) is 0 Å². The van der Waals surface area contributed by atoms with Crippen molar-refractivity contribution in [2.45, 2.75) is 33.3 Å². The van der Waals surface area contributed by atoms with Gasteiger partial charge in [-0.3, -0.25) is 4.68 Å². The fourth-order valence-corrected chi connectivity index (χ4v) is 2.05. The van der Waals surface area contributed by atoms with Crippen LogP contribution in [0.25, 0.3) is 11.3 Å². The number of ether oxygens (including phenoxy) is 1. The molecule has 8 nitrogen and oxygen atoms in total. The Morgan fingerprint density at radius 1 is 1.32 bits per heavy atom. The molecule has 0 spiro atoms. The van der Waals surface area contributed by atoms with Crippen LogP contribution in [-0.4, -0.2) is 44.8 Å². The molecule has 0 aromatic carbocycles. The van der Waals surface area contributed by atoms with E-state index in [1.54, 1.807) is 10.9 Å². The van der Waals surface area contributed by atoms with E-state index >= 15 is 0 Å². The van der Waals surface area contributed by atoms with Gasteiger partial charge in [-0.25, -0.2) is 9.78 Å². The standard InChI is InChI=1S/C17H26N6O2/c1-12(9-20-16(24)25-17(2,3)4)8-18-15-7-6-13(10-19-15)14-11-23(5)22-21-14/h6-7,10-12H,8-9H2,1-5H3,(H,18,19)(H,20,24). The Morgan fingerprint density at radius 2 is 2.08 bits per heavy atom. The molecule has 8 heteroatoms. The van der Waals surface area contributed by atoms with Crippen molar-refractivity contribution in [3.63, 3.8) is 0 Å². The predicted octanol–water partition coefficient (Wildman–Crippen LogP) is 2.45. The van der Waals surface area contributed by atoms with Crippen LogP contribution in [0, 0.1) is 5.92 Å². The summed E-state index contributed by atoms with van der Waals surface area (Å²) in [6, 6.07) is 3.85. The molecule has 1 atom stereocenters. The van der Waals surface area contributed by atoms with Gasteiger partial charge in [0.2, 0.25) is 0 Å². The van der Waals surface area contributed by atoms with E-state index in [1.165, 1.54) is 0 Å². The van der Waals surface area contributed by atoms with Crippen molar-refractivity contribution in [2.24, 2.45) is 13.0 Å². The topological polar surface area (TPSA) is 94.0 Å². The summed E-state index contributed by atoms with van der Waals surface area (Å²) in [7, 11) is 1.83. The highest BCUT2D eigenvalue weighted by Crippen LogP contribution is 2.16. The van der Waals surface area contributed by atoms with E-state index in [9.17, 15) is 4.79 Å². The van der Waals surface area contributed by atoms with Gasteiger partial charge in [0, 0.05) is 31.9 Å². The van der Waals surface area contributed by atoms with Gasteiger partial charge in [-0.2, -0.15) is 0 Å². The minimum absolute atomic E-state index is 0.231. The maximum Gasteiger partial charge on any atom is 0.407 e. The number of nitrogens with one attached hydrogen (secondary N) is 2. The first-order valence-corrected chi connectivity index (χ1v) is 8.26. The zero-order valence-corrected chi connectivity index (χ0v) is 15.4. The normalized spacial score (nSPS) is 12.5. The molecule has 1 amide bonds. The van der Waals surface area contributed by atoms with Gasteiger partial charge in [0.25, 0.3) is 0 Å². The van der Waals surface area contributed by atoms with Gasteiger partial charge in [0.05, 0.1) is 6.20 Å². The van der Waals surface area contributed by atoms with E-state index < -0.39 is 11.7 Å². The van der Waals surface area contributed by atoms with E-state index in [0.29, 0.717) is 13.1 Å². The van der Waals surface area contributed by atoms with Crippen LogP contribution in [0.1, 0.15) is 27.7 Å². The third-order valence-electron chi connectivity index (χ3n) is 3.29. The molecule has 136 valence electrons. The third kappa shape index (κ3) is 6.40. The summed E-state index contributed by atoms with van der Waals surface area (Å²) in [5.74, 6) is 1.01. The van der Waals surface area contributed by atoms with Gasteiger partial charge in [-0.05, 0) is 38.8 Å². The lowest BCUT2D eigenvalue weighted by Crippen LogP contribution is -2.36. The van der Waals surface area contributed by atoms with Crippen LogP contribution in [0.15, 0.2) is 24.5 Å². The number of amides is 1. The van der Waals surface area contributed by atoms with Crippen molar-refractivity contribution in [2.75, 3.05) is 18.4 Å². The molecule has 2 N–H and O–H groups in total. The van der Waals surface area contributed by atoms with E-state index in [1.807, 2.05) is 53.1 Å². The highest BCUT2D eigenvalue weighted by atomic mass is 16.6. The number of rotatable bonds is 6. The number of carbonyl (C=O) groups is 1. The van der Waals surface area contributed by atoms with Crippen LogP contribution in [-0.2, 0) is 11.8 Å². The number of nitrogens with zero attached hydrogens (tertiary/aromatic N) is 4. The summed E-state index contributed by atoms with van der Waals surface area (Å²) in [5.41, 5.74) is 1.22. The highest BCUT2D eigenvalue weighted by Gasteiger charge is 2.16. The zero-order chi connectivity index (χ0) is 18.4. The van der Waals surface area contributed by atoms with Crippen LogP contribution in [0.5, 0.6) is 0 Å². The van der Waals surface area contributed by atoms with E-state index in [-0.39, 0.29) is 5.92 Å². The van der Waals surface area contributed by atoms with Gasteiger partial charge < -0.3 is 15.4 Å². The van der Waals surface area contributed by atoms with Crippen LogP contribution >= 0.6 is 0 Å². The SMILES string of the molecule is CC(CNC(=O)OC(C)(C)C)CNc1ccc(-c2cn(C)nn2)cn1. The van der Waals surface area contributed by atoms with Crippen LogP contribution in [0.4, 0.5) is 10.6 Å². The summed E-state index contributed by atoms with van der Waals surface area (Å²) < 4.78 is 6.87.